The Morgan fingerprint density at radius 1 is 1.24 bits per heavy atom. The molecule has 2 fully saturated rings. The van der Waals surface area contributed by atoms with Gasteiger partial charge in [0.25, 0.3) is 0 Å². The van der Waals surface area contributed by atoms with Gasteiger partial charge in [0.2, 0.25) is 0 Å². The molecule has 0 N–H and O–H groups in total. The SMILES string of the molecule is CCC1CCC2C1(C)CC=C1C=C3C(C)=C(C)C=CC34CC(C)C12O4. The normalized spacial score (nSPS) is 50.2. The van der Waals surface area contributed by atoms with Crippen LogP contribution in [0.2, 0.25) is 0 Å². The Hall–Kier alpha value is -1.08. The van der Waals surface area contributed by atoms with Crippen LogP contribution in [0, 0.1) is 23.2 Å². The van der Waals surface area contributed by atoms with Gasteiger partial charge >= 0.3 is 0 Å². The molecule has 1 saturated carbocycles. The molecule has 2 aliphatic heterocycles. The summed E-state index contributed by atoms with van der Waals surface area (Å²) in [5.41, 5.74) is 5.97. The minimum atomic E-state index is -0.164. The Balaban J connectivity index is 1.71. The van der Waals surface area contributed by atoms with Gasteiger partial charge in [-0.1, -0.05) is 39.3 Å². The average Bonchev–Trinajstić information content (AvgIpc) is 3.05. The van der Waals surface area contributed by atoms with E-state index in [1.165, 1.54) is 48.0 Å². The van der Waals surface area contributed by atoms with Crippen LogP contribution in [0.3, 0.4) is 0 Å². The summed E-state index contributed by atoms with van der Waals surface area (Å²) >= 11 is 0. The quantitative estimate of drug-likeness (QED) is 0.559. The van der Waals surface area contributed by atoms with Crippen LogP contribution in [0.1, 0.15) is 66.7 Å². The Bertz CT molecular complexity index is 765. The van der Waals surface area contributed by atoms with Crippen molar-refractivity contribution >= 4 is 0 Å². The molecule has 2 spiro atoms. The summed E-state index contributed by atoms with van der Waals surface area (Å²) < 4.78 is 7.23. The molecule has 5 rings (SSSR count). The molecule has 2 bridgehead atoms. The van der Waals surface area contributed by atoms with Gasteiger partial charge in [0, 0.05) is 0 Å². The van der Waals surface area contributed by atoms with Crippen molar-refractivity contribution in [1.29, 1.82) is 0 Å². The molecule has 134 valence electrons. The number of allylic oxidation sites excluding steroid dienone is 3. The van der Waals surface area contributed by atoms with E-state index in [9.17, 15) is 0 Å². The first-order chi connectivity index (χ1) is 11.9. The van der Waals surface area contributed by atoms with Crippen LogP contribution in [0.4, 0.5) is 0 Å². The third-order valence-corrected chi connectivity index (χ3v) is 8.80. The molecule has 0 radical (unpaired) electrons. The van der Waals surface area contributed by atoms with Crippen LogP contribution in [-0.4, -0.2) is 11.2 Å². The summed E-state index contributed by atoms with van der Waals surface area (Å²) in [7, 11) is 0. The van der Waals surface area contributed by atoms with Crippen LogP contribution in [0.5, 0.6) is 0 Å². The molecular formula is C24H32O. The highest BCUT2D eigenvalue weighted by Gasteiger charge is 2.68. The number of hydrogen-bond donors (Lipinski definition) is 0. The smallest absolute Gasteiger partial charge is 0.113 e. The number of rotatable bonds is 1. The lowest BCUT2D eigenvalue weighted by molar-refractivity contribution is -0.125. The zero-order valence-electron chi connectivity index (χ0n) is 16.5. The Morgan fingerprint density at radius 3 is 2.80 bits per heavy atom. The summed E-state index contributed by atoms with van der Waals surface area (Å²) in [5.74, 6) is 2.12. The predicted molar refractivity (Wildman–Crippen MR) is 103 cm³/mol. The summed E-state index contributed by atoms with van der Waals surface area (Å²) in [6.07, 6.45) is 16.2. The van der Waals surface area contributed by atoms with Gasteiger partial charge < -0.3 is 4.74 Å². The maximum absolute atomic E-state index is 7.23. The zero-order chi connectivity index (χ0) is 17.6. The van der Waals surface area contributed by atoms with Crippen LogP contribution in [-0.2, 0) is 4.74 Å². The second-order valence-electron chi connectivity index (χ2n) is 9.69. The van der Waals surface area contributed by atoms with Crippen molar-refractivity contribution in [3.8, 4) is 0 Å². The van der Waals surface area contributed by atoms with Crippen LogP contribution in [0.15, 0.2) is 46.6 Å². The summed E-state index contributed by atoms with van der Waals surface area (Å²) in [4.78, 5) is 0. The maximum Gasteiger partial charge on any atom is 0.113 e. The van der Waals surface area contributed by atoms with E-state index in [1.807, 2.05) is 0 Å². The molecule has 0 aromatic rings. The maximum atomic E-state index is 7.23. The van der Waals surface area contributed by atoms with Crippen molar-refractivity contribution in [3.63, 3.8) is 0 Å². The van der Waals surface area contributed by atoms with Gasteiger partial charge in [-0.2, -0.15) is 0 Å². The molecule has 3 aliphatic carbocycles. The number of fused-ring (bicyclic) bond motifs is 1. The third-order valence-electron chi connectivity index (χ3n) is 8.80. The minimum Gasteiger partial charge on any atom is -0.354 e. The fraction of sp³-hybridized carbons (Fsp3) is 0.667. The molecular weight excluding hydrogens is 304 g/mol. The van der Waals surface area contributed by atoms with Crippen molar-refractivity contribution in [2.24, 2.45) is 23.2 Å². The molecule has 0 aromatic carbocycles. The summed E-state index contributed by atoms with van der Waals surface area (Å²) in [5, 5.41) is 0. The second kappa shape index (κ2) is 4.80. The number of hydrogen-bond acceptors (Lipinski definition) is 1. The Morgan fingerprint density at radius 2 is 2.04 bits per heavy atom. The lowest BCUT2D eigenvalue weighted by Gasteiger charge is -2.54. The number of ether oxygens (including phenoxy) is 1. The molecule has 6 atom stereocenters. The fourth-order valence-electron chi connectivity index (χ4n) is 7.32. The highest BCUT2D eigenvalue weighted by molar-refractivity contribution is 5.59. The third kappa shape index (κ3) is 1.70. The molecule has 1 saturated heterocycles. The van der Waals surface area contributed by atoms with E-state index in [4.69, 9.17) is 4.74 Å². The molecule has 25 heavy (non-hydrogen) atoms. The van der Waals surface area contributed by atoms with E-state index >= 15 is 0 Å². The Kier molecular flexibility index (Phi) is 3.09. The van der Waals surface area contributed by atoms with Crippen molar-refractivity contribution in [2.75, 3.05) is 0 Å². The van der Waals surface area contributed by atoms with Gasteiger partial charge in [-0.15, -0.1) is 0 Å². The predicted octanol–water partition coefficient (Wildman–Crippen LogP) is 6.14. The van der Waals surface area contributed by atoms with E-state index in [0.29, 0.717) is 17.3 Å². The first-order valence-corrected chi connectivity index (χ1v) is 10.4. The molecule has 1 heteroatoms. The van der Waals surface area contributed by atoms with Gasteiger partial charge in [0.05, 0.1) is 0 Å². The largest absolute Gasteiger partial charge is 0.354 e. The molecule has 6 unspecified atom stereocenters. The average molecular weight is 337 g/mol. The molecule has 2 heterocycles. The van der Waals surface area contributed by atoms with Crippen molar-refractivity contribution < 1.29 is 4.74 Å². The van der Waals surface area contributed by atoms with E-state index in [0.717, 1.165) is 12.3 Å². The van der Waals surface area contributed by atoms with Gasteiger partial charge in [-0.25, -0.2) is 0 Å². The van der Waals surface area contributed by atoms with Crippen LogP contribution >= 0.6 is 0 Å². The molecule has 5 aliphatic rings. The van der Waals surface area contributed by atoms with E-state index in [2.05, 4.69) is 58.9 Å². The highest BCUT2D eigenvalue weighted by Crippen LogP contribution is 2.69. The van der Waals surface area contributed by atoms with Gasteiger partial charge in [0.1, 0.15) is 11.2 Å². The van der Waals surface area contributed by atoms with Gasteiger partial charge in [-0.3, -0.25) is 0 Å². The molecule has 0 aromatic heterocycles. The molecule has 0 amide bonds. The standard InChI is InChI=1S/C24H32O/c1-6-18-7-8-21-22(18,5)11-10-19-13-20-17(4)15(2)9-12-23(20)14-16(3)24(19,21)25-23/h9-10,12-13,16,18,21H,6-8,11,14H2,1-5H3. The minimum absolute atomic E-state index is 0.0454. The van der Waals surface area contributed by atoms with Crippen molar-refractivity contribution in [3.05, 3.63) is 46.6 Å². The fourth-order valence-corrected chi connectivity index (χ4v) is 7.32. The summed E-state index contributed by atoms with van der Waals surface area (Å²) in [6, 6.07) is 0. The van der Waals surface area contributed by atoms with Crippen molar-refractivity contribution in [2.45, 2.75) is 77.9 Å². The zero-order valence-corrected chi connectivity index (χ0v) is 16.5. The van der Waals surface area contributed by atoms with Gasteiger partial charge in [-0.05, 0) is 97.1 Å². The Labute approximate surface area is 152 Å². The second-order valence-corrected chi connectivity index (χ2v) is 9.69. The van der Waals surface area contributed by atoms with Crippen LogP contribution < -0.4 is 0 Å². The lowest BCUT2D eigenvalue weighted by atomic mass is 9.56. The monoisotopic (exact) mass is 336 g/mol. The van der Waals surface area contributed by atoms with E-state index in [-0.39, 0.29) is 11.2 Å². The van der Waals surface area contributed by atoms with Crippen molar-refractivity contribution in [1.82, 2.24) is 0 Å². The molecule has 1 nitrogen and oxygen atoms in total. The van der Waals surface area contributed by atoms with Gasteiger partial charge in [0.15, 0.2) is 0 Å². The van der Waals surface area contributed by atoms with E-state index < -0.39 is 0 Å². The summed E-state index contributed by atoms with van der Waals surface area (Å²) in [6.45, 7) is 11.9. The topological polar surface area (TPSA) is 9.23 Å². The first-order valence-electron chi connectivity index (χ1n) is 10.4. The van der Waals surface area contributed by atoms with Crippen LogP contribution in [0.25, 0.3) is 0 Å². The first kappa shape index (κ1) is 16.1. The van der Waals surface area contributed by atoms with E-state index in [1.54, 1.807) is 0 Å². The lowest BCUT2D eigenvalue weighted by Crippen LogP contribution is -2.55. The highest BCUT2D eigenvalue weighted by atomic mass is 16.5.